The number of ether oxygens (including phenoxy) is 2. The molecule has 1 aliphatic rings. The highest BCUT2D eigenvalue weighted by Crippen LogP contribution is 2.02. The molecule has 0 radical (unpaired) electrons. The van der Waals surface area contributed by atoms with E-state index in [9.17, 15) is 8.42 Å². The second-order valence-electron chi connectivity index (χ2n) is 2.32. The minimum atomic E-state index is -3.93. The van der Waals surface area contributed by atoms with E-state index >= 15 is 0 Å². The van der Waals surface area contributed by atoms with Crippen molar-refractivity contribution < 1.29 is 22.4 Å². The van der Waals surface area contributed by atoms with Crippen LogP contribution in [0.3, 0.4) is 0 Å². The molecule has 1 heterocycles. The van der Waals surface area contributed by atoms with Gasteiger partial charge in [-0.05, 0) is 0 Å². The molecule has 66 valence electrons. The molecule has 0 aromatic carbocycles. The number of hydrogen-bond donors (Lipinski definition) is 1. The Morgan fingerprint density at radius 1 is 1.45 bits per heavy atom. The van der Waals surface area contributed by atoms with Crippen molar-refractivity contribution >= 4 is 10.1 Å². The van der Waals surface area contributed by atoms with Gasteiger partial charge in [0.15, 0.2) is 0 Å². The fourth-order valence-corrected chi connectivity index (χ4v) is 1.53. The molecule has 0 bridgehead atoms. The van der Waals surface area contributed by atoms with Gasteiger partial charge >= 0.3 is 0 Å². The molecule has 1 saturated heterocycles. The molecule has 0 spiro atoms. The number of hydrogen-bond acceptors (Lipinski definition) is 4. The van der Waals surface area contributed by atoms with Crippen LogP contribution in [0.5, 0.6) is 0 Å². The van der Waals surface area contributed by atoms with Gasteiger partial charge in [-0.3, -0.25) is 4.55 Å². The summed E-state index contributed by atoms with van der Waals surface area (Å²) >= 11 is 0. The Labute approximate surface area is 65.0 Å². The van der Waals surface area contributed by atoms with Gasteiger partial charge in [0.2, 0.25) is 0 Å². The van der Waals surface area contributed by atoms with E-state index in [1.165, 1.54) is 0 Å². The highest BCUT2D eigenvalue weighted by atomic mass is 32.2. The van der Waals surface area contributed by atoms with E-state index in [2.05, 4.69) is 0 Å². The Hall–Kier alpha value is -0.170. The van der Waals surface area contributed by atoms with Crippen LogP contribution in [0.4, 0.5) is 0 Å². The Bertz CT molecular complexity index is 203. The van der Waals surface area contributed by atoms with Crippen molar-refractivity contribution in [3.8, 4) is 0 Å². The largest absolute Gasteiger partial charge is 0.376 e. The first-order valence-corrected chi connectivity index (χ1v) is 4.83. The molecule has 1 aliphatic heterocycles. The Kier molecular flexibility index (Phi) is 2.83. The van der Waals surface area contributed by atoms with Crippen LogP contribution < -0.4 is 0 Å². The SMILES string of the molecule is O=S(=O)(O)CC1COCCO1. The zero-order valence-electron chi connectivity index (χ0n) is 5.89. The zero-order chi connectivity index (χ0) is 8.32. The van der Waals surface area contributed by atoms with Crippen molar-refractivity contribution in [2.24, 2.45) is 0 Å². The lowest BCUT2D eigenvalue weighted by Gasteiger charge is -2.21. The average molecular weight is 182 g/mol. The fraction of sp³-hybridized carbons (Fsp3) is 1.00. The van der Waals surface area contributed by atoms with Gasteiger partial charge in [0, 0.05) is 0 Å². The van der Waals surface area contributed by atoms with E-state index in [-0.39, 0.29) is 12.4 Å². The van der Waals surface area contributed by atoms with Crippen LogP contribution in [0, 0.1) is 0 Å². The first kappa shape index (κ1) is 8.92. The zero-order valence-corrected chi connectivity index (χ0v) is 6.71. The quantitative estimate of drug-likeness (QED) is 0.571. The van der Waals surface area contributed by atoms with Crippen LogP contribution in [0.1, 0.15) is 0 Å². The third-order valence-electron chi connectivity index (χ3n) is 1.28. The molecular formula is C5H10O5S. The highest BCUT2D eigenvalue weighted by molar-refractivity contribution is 7.85. The van der Waals surface area contributed by atoms with Crippen LogP contribution in [0.2, 0.25) is 0 Å². The van der Waals surface area contributed by atoms with Crippen LogP contribution in [-0.4, -0.2) is 44.6 Å². The molecule has 0 aromatic heterocycles. The summed E-state index contributed by atoms with van der Waals surface area (Å²) in [5, 5.41) is 0. The molecule has 0 aliphatic carbocycles. The Morgan fingerprint density at radius 2 is 2.18 bits per heavy atom. The normalized spacial score (nSPS) is 26.8. The van der Waals surface area contributed by atoms with Gasteiger partial charge in [-0.15, -0.1) is 0 Å². The lowest BCUT2D eigenvalue weighted by molar-refractivity contribution is -0.0786. The smallest absolute Gasteiger partial charge is 0.267 e. The van der Waals surface area contributed by atoms with Crippen LogP contribution in [0.25, 0.3) is 0 Å². The minimum absolute atomic E-state index is 0.236. The maximum absolute atomic E-state index is 10.3. The third kappa shape index (κ3) is 3.66. The third-order valence-corrected chi connectivity index (χ3v) is 2.07. The van der Waals surface area contributed by atoms with Gasteiger partial charge in [0.1, 0.15) is 5.75 Å². The van der Waals surface area contributed by atoms with Gasteiger partial charge in [0.25, 0.3) is 10.1 Å². The van der Waals surface area contributed by atoms with Crippen LogP contribution in [-0.2, 0) is 19.6 Å². The van der Waals surface area contributed by atoms with Crippen molar-refractivity contribution in [3.63, 3.8) is 0 Å². The van der Waals surface area contributed by atoms with Gasteiger partial charge in [0.05, 0.1) is 25.9 Å². The monoisotopic (exact) mass is 182 g/mol. The molecule has 11 heavy (non-hydrogen) atoms. The molecule has 1 atom stereocenters. The fourth-order valence-electron chi connectivity index (χ4n) is 0.868. The summed E-state index contributed by atoms with van der Waals surface area (Å²) < 4.78 is 39.0. The summed E-state index contributed by atoms with van der Waals surface area (Å²) in [5.74, 6) is -0.382. The molecule has 1 rings (SSSR count). The average Bonchev–Trinajstić information content (AvgIpc) is 1.85. The molecule has 1 N–H and O–H groups in total. The second-order valence-corrected chi connectivity index (χ2v) is 3.81. The molecule has 0 amide bonds. The van der Waals surface area contributed by atoms with E-state index in [4.69, 9.17) is 14.0 Å². The van der Waals surface area contributed by atoms with Crippen molar-refractivity contribution in [1.82, 2.24) is 0 Å². The van der Waals surface area contributed by atoms with Gasteiger partial charge in [-0.2, -0.15) is 8.42 Å². The molecular weight excluding hydrogens is 172 g/mol. The summed E-state index contributed by atoms with van der Waals surface area (Å²) in [6, 6.07) is 0. The maximum atomic E-state index is 10.3. The van der Waals surface area contributed by atoms with Crippen LogP contribution >= 0.6 is 0 Å². The minimum Gasteiger partial charge on any atom is -0.376 e. The summed E-state index contributed by atoms with van der Waals surface area (Å²) in [6.45, 7) is 1.11. The number of rotatable bonds is 2. The van der Waals surface area contributed by atoms with Gasteiger partial charge in [-0.1, -0.05) is 0 Å². The standard InChI is InChI=1S/C5H10O5S/c6-11(7,8)4-5-3-9-1-2-10-5/h5H,1-4H2,(H,6,7,8). The highest BCUT2D eigenvalue weighted by Gasteiger charge is 2.20. The van der Waals surface area contributed by atoms with Crippen LogP contribution in [0.15, 0.2) is 0 Å². The topological polar surface area (TPSA) is 72.8 Å². The lowest BCUT2D eigenvalue weighted by Crippen LogP contribution is -2.34. The second kappa shape index (κ2) is 3.48. The van der Waals surface area contributed by atoms with E-state index < -0.39 is 16.2 Å². The predicted octanol–water partition coefficient (Wildman–Crippen LogP) is -0.710. The van der Waals surface area contributed by atoms with Gasteiger partial charge in [-0.25, -0.2) is 0 Å². The van der Waals surface area contributed by atoms with Crippen molar-refractivity contribution in [3.05, 3.63) is 0 Å². The summed E-state index contributed by atoms with van der Waals surface area (Å²) in [7, 11) is -3.93. The molecule has 6 heteroatoms. The van der Waals surface area contributed by atoms with Crippen molar-refractivity contribution in [2.75, 3.05) is 25.6 Å². The molecule has 0 saturated carbocycles. The molecule has 5 nitrogen and oxygen atoms in total. The summed E-state index contributed by atoms with van der Waals surface area (Å²) in [5.41, 5.74) is 0. The first-order valence-electron chi connectivity index (χ1n) is 3.22. The van der Waals surface area contributed by atoms with Gasteiger partial charge < -0.3 is 9.47 Å². The molecule has 1 unspecified atom stereocenters. The van der Waals surface area contributed by atoms with Crippen molar-refractivity contribution in [2.45, 2.75) is 6.10 Å². The summed E-state index contributed by atoms with van der Waals surface area (Å²) in [4.78, 5) is 0. The van der Waals surface area contributed by atoms with E-state index in [1.807, 2.05) is 0 Å². The van der Waals surface area contributed by atoms with E-state index in [0.717, 1.165) is 0 Å². The Morgan fingerprint density at radius 3 is 2.64 bits per heavy atom. The molecule has 1 fully saturated rings. The molecule has 0 aromatic rings. The predicted molar refractivity (Wildman–Crippen MR) is 37.0 cm³/mol. The summed E-state index contributed by atoms with van der Waals surface area (Å²) in [6.07, 6.45) is -0.515. The van der Waals surface area contributed by atoms with E-state index in [1.54, 1.807) is 0 Å². The Balaban J connectivity index is 2.36. The van der Waals surface area contributed by atoms with E-state index in [0.29, 0.717) is 13.2 Å². The maximum Gasteiger partial charge on any atom is 0.267 e. The first-order chi connectivity index (χ1) is 5.08. The lowest BCUT2D eigenvalue weighted by atomic mass is 10.4. The van der Waals surface area contributed by atoms with Crippen molar-refractivity contribution in [1.29, 1.82) is 0 Å².